The molecule has 1 heterocycles. The zero-order valence-corrected chi connectivity index (χ0v) is 9.33. The summed E-state index contributed by atoms with van der Waals surface area (Å²) in [6.45, 7) is 3.86. The van der Waals surface area contributed by atoms with Gasteiger partial charge in [-0.15, -0.1) is 0 Å². The fourth-order valence-corrected chi connectivity index (χ4v) is 1.05. The Balaban J connectivity index is 2.24. The molecule has 0 aliphatic carbocycles. The SMILES string of the molecule is Cc1ncc(NCCOCC(F)F)nc1C. The number of alkyl halides is 2. The van der Waals surface area contributed by atoms with E-state index >= 15 is 0 Å². The highest BCUT2D eigenvalue weighted by molar-refractivity contribution is 5.33. The molecule has 1 aromatic heterocycles. The lowest BCUT2D eigenvalue weighted by Crippen LogP contribution is -2.14. The zero-order chi connectivity index (χ0) is 12.0. The number of hydrogen-bond donors (Lipinski definition) is 1. The van der Waals surface area contributed by atoms with Crippen molar-refractivity contribution in [2.45, 2.75) is 20.3 Å². The molecule has 0 saturated heterocycles. The zero-order valence-electron chi connectivity index (χ0n) is 9.33. The molecule has 6 heteroatoms. The molecule has 0 radical (unpaired) electrons. The lowest BCUT2D eigenvalue weighted by molar-refractivity contribution is 0.0215. The molecule has 0 aliphatic rings. The standard InChI is InChI=1S/C10H15F2N3O/c1-7-8(2)15-10(5-14-7)13-3-4-16-6-9(11)12/h5,9H,3-4,6H2,1-2H3,(H,13,15). The molecule has 0 aromatic carbocycles. The van der Waals surface area contributed by atoms with Crippen LogP contribution in [0, 0.1) is 13.8 Å². The second-order valence-electron chi connectivity index (χ2n) is 3.32. The minimum absolute atomic E-state index is 0.221. The molecular formula is C10H15F2N3O. The first-order chi connectivity index (χ1) is 7.59. The molecule has 1 rings (SSSR count). The fourth-order valence-electron chi connectivity index (χ4n) is 1.05. The number of rotatable bonds is 6. The topological polar surface area (TPSA) is 47.0 Å². The highest BCUT2D eigenvalue weighted by atomic mass is 19.3. The molecule has 90 valence electrons. The Labute approximate surface area is 93.1 Å². The molecular weight excluding hydrogens is 216 g/mol. The van der Waals surface area contributed by atoms with Crippen LogP contribution in [0.5, 0.6) is 0 Å². The maximum absolute atomic E-state index is 11.7. The summed E-state index contributed by atoms with van der Waals surface area (Å²) in [5, 5.41) is 2.94. The van der Waals surface area contributed by atoms with Crippen LogP contribution in [0.4, 0.5) is 14.6 Å². The molecule has 0 bridgehead atoms. The molecule has 0 fully saturated rings. The minimum Gasteiger partial charge on any atom is -0.374 e. The summed E-state index contributed by atoms with van der Waals surface area (Å²) in [4.78, 5) is 8.35. The van der Waals surface area contributed by atoms with Gasteiger partial charge in [0.15, 0.2) is 0 Å². The summed E-state index contributed by atoms with van der Waals surface area (Å²) >= 11 is 0. The number of anilines is 1. The van der Waals surface area contributed by atoms with Crippen molar-refractivity contribution in [3.8, 4) is 0 Å². The highest BCUT2D eigenvalue weighted by Crippen LogP contribution is 2.04. The van der Waals surface area contributed by atoms with E-state index < -0.39 is 13.0 Å². The van der Waals surface area contributed by atoms with Crippen LogP contribution < -0.4 is 5.32 Å². The third-order valence-electron chi connectivity index (χ3n) is 1.99. The molecule has 0 amide bonds. The van der Waals surface area contributed by atoms with E-state index in [0.717, 1.165) is 11.4 Å². The number of nitrogens with one attached hydrogen (secondary N) is 1. The molecule has 0 aliphatic heterocycles. The van der Waals surface area contributed by atoms with Gasteiger partial charge in [-0.2, -0.15) is 0 Å². The van der Waals surface area contributed by atoms with Crippen molar-refractivity contribution in [3.63, 3.8) is 0 Å². The van der Waals surface area contributed by atoms with Gasteiger partial charge in [0.05, 0.1) is 24.2 Å². The van der Waals surface area contributed by atoms with Gasteiger partial charge < -0.3 is 10.1 Å². The van der Waals surface area contributed by atoms with Crippen molar-refractivity contribution >= 4 is 5.82 Å². The van der Waals surface area contributed by atoms with E-state index in [4.69, 9.17) is 4.74 Å². The van der Waals surface area contributed by atoms with Crippen LogP contribution in [0.3, 0.4) is 0 Å². The second kappa shape index (κ2) is 6.32. The van der Waals surface area contributed by atoms with Crippen LogP contribution in [-0.4, -0.2) is 36.2 Å². The smallest absolute Gasteiger partial charge is 0.261 e. The summed E-state index contributed by atoms with van der Waals surface area (Å²) in [5.41, 5.74) is 1.72. The van der Waals surface area contributed by atoms with Crippen LogP contribution >= 0.6 is 0 Å². The quantitative estimate of drug-likeness (QED) is 0.758. The van der Waals surface area contributed by atoms with Crippen molar-refractivity contribution in [2.75, 3.05) is 25.1 Å². The molecule has 0 unspecified atom stereocenters. The third kappa shape index (κ3) is 4.48. The van der Waals surface area contributed by atoms with Crippen molar-refractivity contribution in [1.82, 2.24) is 9.97 Å². The predicted octanol–water partition coefficient (Wildman–Crippen LogP) is 1.79. The van der Waals surface area contributed by atoms with Gasteiger partial charge in [0.1, 0.15) is 12.4 Å². The first kappa shape index (κ1) is 12.8. The highest BCUT2D eigenvalue weighted by Gasteiger charge is 2.01. The van der Waals surface area contributed by atoms with Gasteiger partial charge in [-0.05, 0) is 13.8 Å². The van der Waals surface area contributed by atoms with Gasteiger partial charge in [-0.1, -0.05) is 0 Å². The number of ether oxygens (including phenoxy) is 1. The normalized spacial score (nSPS) is 10.8. The Kier molecular flexibility index (Phi) is 5.04. The lowest BCUT2D eigenvalue weighted by Gasteiger charge is -2.07. The summed E-state index contributed by atoms with van der Waals surface area (Å²) < 4.78 is 28.1. The van der Waals surface area contributed by atoms with Gasteiger partial charge in [0.25, 0.3) is 6.43 Å². The second-order valence-corrected chi connectivity index (χ2v) is 3.32. The largest absolute Gasteiger partial charge is 0.374 e. The predicted molar refractivity (Wildman–Crippen MR) is 56.8 cm³/mol. The number of aryl methyl sites for hydroxylation is 2. The monoisotopic (exact) mass is 231 g/mol. The van der Waals surface area contributed by atoms with Crippen molar-refractivity contribution in [1.29, 1.82) is 0 Å². The molecule has 0 spiro atoms. The number of aromatic nitrogens is 2. The van der Waals surface area contributed by atoms with Gasteiger partial charge in [-0.25, -0.2) is 13.8 Å². The summed E-state index contributed by atoms with van der Waals surface area (Å²) in [6, 6.07) is 0. The average Bonchev–Trinajstić information content (AvgIpc) is 2.22. The number of halogens is 2. The van der Waals surface area contributed by atoms with Crippen LogP contribution in [0.1, 0.15) is 11.4 Å². The number of nitrogens with zero attached hydrogens (tertiary/aromatic N) is 2. The van der Waals surface area contributed by atoms with Crippen LogP contribution in [0.15, 0.2) is 6.20 Å². The summed E-state index contributed by atoms with van der Waals surface area (Å²) in [5.74, 6) is 0.628. The molecule has 16 heavy (non-hydrogen) atoms. The van der Waals surface area contributed by atoms with Crippen LogP contribution in [-0.2, 0) is 4.74 Å². The Bertz CT molecular complexity index is 334. The average molecular weight is 231 g/mol. The van der Waals surface area contributed by atoms with Crippen molar-refractivity contribution in [3.05, 3.63) is 17.6 Å². The van der Waals surface area contributed by atoms with E-state index in [1.807, 2.05) is 13.8 Å². The minimum atomic E-state index is -2.42. The maximum Gasteiger partial charge on any atom is 0.261 e. The molecule has 4 nitrogen and oxygen atoms in total. The van der Waals surface area contributed by atoms with E-state index in [1.54, 1.807) is 6.20 Å². The van der Waals surface area contributed by atoms with E-state index in [-0.39, 0.29) is 6.61 Å². The van der Waals surface area contributed by atoms with Gasteiger partial charge in [-0.3, -0.25) is 4.98 Å². The van der Waals surface area contributed by atoms with E-state index in [1.165, 1.54) is 0 Å². The lowest BCUT2D eigenvalue weighted by atomic mass is 10.3. The fraction of sp³-hybridized carbons (Fsp3) is 0.600. The Morgan fingerprint density at radius 1 is 1.38 bits per heavy atom. The molecule has 1 N–H and O–H groups in total. The van der Waals surface area contributed by atoms with E-state index in [2.05, 4.69) is 15.3 Å². The van der Waals surface area contributed by atoms with Crippen LogP contribution in [0.25, 0.3) is 0 Å². The summed E-state index contributed by atoms with van der Waals surface area (Å²) in [6.07, 6.45) is -0.809. The van der Waals surface area contributed by atoms with Crippen molar-refractivity contribution < 1.29 is 13.5 Å². The number of hydrogen-bond acceptors (Lipinski definition) is 4. The van der Waals surface area contributed by atoms with Gasteiger partial charge in [0.2, 0.25) is 0 Å². The third-order valence-corrected chi connectivity index (χ3v) is 1.99. The van der Waals surface area contributed by atoms with E-state index in [9.17, 15) is 8.78 Å². The van der Waals surface area contributed by atoms with Crippen molar-refractivity contribution in [2.24, 2.45) is 0 Å². The molecule has 0 saturated carbocycles. The molecule has 0 atom stereocenters. The van der Waals surface area contributed by atoms with Gasteiger partial charge >= 0.3 is 0 Å². The van der Waals surface area contributed by atoms with Crippen LogP contribution in [0.2, 0.25) is 0 Å². The maximum atomic E-state index is 11.7. The van der Waals surface area contributed by atoms with Gasteiger partial charge in [0, 0.05) is 6.54 Å². The Hall–Kier alpha value is -1.30. The Morgan fingerprint density at radius 3 is 2.75 bits per heavy atom. The Morgan fingerprint density at radius 2 is 2.12 bits per heavy atom. The van der Waals surface area contributed by atoms with E-state index in [0.29, 0.717) is 12.4 Å². The first-order valence-electron chi connectivity index (χ1n) is 4.99. The summed E-state index contributed by atoms with van der Waals surface area (Å²) in [7, 11) is 0. The first-order valence-corrected chi connectivity index (χ1v) is 4.99. The molecule has 1 aromatic rings.